The molecule has 0 aliphatic rings. The molecule has 0 saturated heterocycles. The van der Waals surface area contributed by atoms with Crippen LogP contribution in [-0.4, -0.2) is 12.2 Å². The lowest BCUT2D eigenvalue weighted by Gasteiger charge is -2.25. The van der Waals surface area contributed by atoms with Crippen molar-refractivity contribution in [3.63, 3.8) is 0 Å². The SMILES string of the molecule is COc1cc(C(C)(C)C)ccc1C(C)(C)O. The number of benzene rings is 1. The molecule has 0 atom stereocenters. The molecule has 1 aromatic carbocycles. The molecule has 0 aliphatic carbocycles. The second kappa shape index (κ2) is 4.10. The average Bonchev–Trinajstić information content (AvgIpc) is 2.14. The van der Waals surface area contributed by atoms with Gasteiger partial charge in [0, 0.05) is 5.56 Å². The van der Waals surface area contributed by atoms with Crippen molar-refractivity contribution < 1.29 is 9.84 Å². The Balaban J connectivity index is 3.28. The van der Waals surface area contributed by atoms with Crippen LogP contribution in [0.1, 0.15) is 45.7 Å². The van der Waals surface area contributed by atoms with Gasteiger partial charge >= 0.3 is 0 Å². The van der Waals surface area contributed by atoms with Crippen LogP contribution in [0.3, 0.4) is 0 Å². The first kappa shape index (κ1) is 13.0. The molecule has 0 fully saturated rings. The van der Waals surface area contributed by atoms with Crippen LogP contribution in [-0.2, 0) is 11.0 Å². The average molecular weight is 222 g/mol. The van der Waals surface area contributed by atoms with Crippen molar-refractivity contribution >= 4 is 0 Å². The largest absolute Gasteiger partial charge is 0.496 e. The van der Waals surface area contributed by atoms with Gasteiger partial charge in [-0.1, -0.05) is 32.9 Å². The molecule has 0 amide bonds. The third-order valence-corrected chi connectivity index (χ3v) is 2.73. The summed E-state index contributed by atoms with van der Waals surface area (Å²) in [6, 6.07) is 6.00. The molecule has 0 unspecified atom stereocenters. The summed E-state index contributed by atoms with van der Waals surface area (Å²) >= 11 is 0. The molecule has 16 heavy (non-hydrogen) atoms. The van der Waals surface area contributed by atoms with Gasteiger partial charge in [0.25, 0.3) is 0 Å². The topological polar surface area (TPSA) is 29.5 Å². The van der Waals surface area contributed by atoms with Gasteiger partial charge in [0.05, 0.1) is 12.7 Å². The standard InChI is InChI=1S/C14H22O2/c1-13(2,3)10-7-8-11(14(4,5)15)12(9-10)16-6/h7-9,15H,1-6H3. The van der Waals surface area contributed by atoms with Crippen LogP contribution in [0.25, 0.3) is 0 Å². The third-order valence-electron chi connectivity index (χ3n) is 2.73. The van der Waals surface area contributed by atoms with Gasteiger partial charge in [-0.3, -0.25) is 0 Å². The van der Waals surface area contributed by atoms with Gasteiger partial charge in [0.15, 0.2) is 0 Å². The molecule has 0 aromatic heterocycles. The van der Waals surface area contributed by atoms with E-state index in [0.717, 1.165) is 11.3 Å². The molecule has 1 N–H and O–H groups in total. The number of rotatable bonds is 2. The maximum atomic E-state index is 10.0. The Kier molecular flexibility index (Phi) is 3.34. The summed E-state index contributed by atoms with van der Waals surface area (Å²) < 4.78 is 5.35. The first-order valence-electron chi connectivity index (χ1n) is 5.57. The molecule has 2 nitrogen and oxygen atoms in total. The van der Waals surface area contributed by atoms with E-state index < -0.39 is 5.60 Å². The summed E-state index contributed by atoms with van der Waals surface area (Å²) in [5.74, 6) is 0.750. The lowest BCUT2D eigenvalue weighted by molar-refractivity contribution is 0.0756. The molecular weight excluding hydrogens is 200 g/mol. The van der Waals surface area contributed by atoms with Crippen LogP contribution >= 0.6 is 0 Å². The van der Waals surface area contributed by atoms with Crippen LogP contribution in [0.2, 0.25) is 0 Å². The van der Waals surface area contributed by atoms with Crippen molar-refractivity contribution in [2.75, 3.05) is 7.11 Å². The molecule has 0 saturated carbocycles. The Hall–Kier alpha value is -1.02. The van der Waals surface area contributed by atoms with Crippen LogP contribution in [0, 0.1) is 0 Å². The Bertz CT molecular complexity index is 367. The summed E-state index contributed by atoms with van der Waals surface area (Å²) in [6.07, 6.45) is 0. The number of hydrogen-bond acceptors (Lipinski definition) is 2. The minimum absolute atomic E-state index is 0.0887. The maximum absolute atomic E-state index is 10.0. The van der Waals surface area contributed by atoms with Crippen LogP contribution in [0.5, 0.6) is 5.75 Å². The Morgan fingerprint density at radius 3 is 2.00 bits per heavy atom. The molecule has 0 radical (unpaired) electrons. The van der Waals surface area contributed by atoms with Crippen molar-refractivity contribution in [2.45, 2.75) is 45.6 Å². The van der Waals surface area contributed by atoms with Gasteiger partial charge < -0.3 is 9.84 Å². The van der Waals surface area contributed by atoms with Gasteiger partial charge in [-0.05, 0) is 30.9 Å². The van der Waals surface area contributed by atoms with E-state index >= 15 is 0 Å². The molecule has 0 aliphatic heterocycles. The third kappa shape index (κ3) is 2.76. The van der Waals surface area contributed by atoms with Crippen LogP contribution in [0.4, 0.5) is 0 Å². The van der Waals surface area contributed by atoms with Gasteiger partial charge in [-0.25, -0.2) is 0 Å². The fraction of sp³-hybridized carbons (Fsp3) is 0.571. The smallest absolute Gasteiger partial charge is 0.125 e. The summed E-state index contributed by atoms with van der Waals surface area (Å²) in [4.78, 5) is 0. The van der Waals surface area contributed by atoms with Crippen molar-refractivity contribution in [3.05, 3.63) is 29.3 Å². The summed E-state index contributed by atoms with van der Waals surface area (Å²) in [5.41, 5.74) is 1.24. The molecule has 0 spiro atoms. The van der Waals surface area contributed by atoms with E-state index in [0.29, 0.717) is 0 Å². The van der Waals surface area contributed by atoms with Gasteiger partial charge in [-0.2, -0.15) is 0 Å². The number of aliphatic hydroxyl groups is 1. The first-order valence-corrected chi connectivity index (χ1v) is 5.57. The second-order valence-electron chi connectivity index (χ2n) is 5.72. The number of ether oxygens (including phenoxy) is 1. The van der Waals surface area contributed by atoms with E-state index in [2.05, 4.69) is 26.8 Å². The zero-order chi connectivity index (χ0) is 12.6. The van der Waals surface area contributed by atoms with Crippen molar-refractivity contribution in [1.82, 2.24) is 0 Å². The fourth-order valence-corrected chi connectivity index (χ4v) is 1.66. The predicted octanol–water partition coefficient (Wildman–Crippen LogP) is 3.22. The summed E-state index contributed by atoms with van der Waals surface area (Å²) in [5, 5.41) is 10.0. The number of methoxy groups -OCH3 is 1. The maximum Gasteiger partial charge on any atom is 0.125 e. The minimum Gasteiger partial charge on any atom is -0.496 e. The normalized spacial score (nSPS) is 12.7. The molecule has 1 rings (SSSR count). The highest BCUT2D eigenvalue weighted by molar-refractivity contribution is 5.42. The molecule has 90 valence electrons. The number of hydrogen-bond donors (Lipinski definition) is 1. The molecule has 1 aromatic rings. The first-order chi connectivity index (χ1) is 7.16. The zero-order valence-electron chi connectivity index (χ0n) is 11.1. The van der Waals surface area contributed by atoms with E-state index in [1.54, 1.807) is 21.0 Å². The van der Waals surface area contributed by atoms with E-state index in [1.807, 2.05) is 12.1 Å². The van der Waals surface area contributed by atoms with Crippen molar-refractivity contribution in [2.24, 2.45) is 0 Å². The lowest BCUT2D eigenvalue weighted by atomic mass is 9.85. The lowest BCUT2D eigenvalue weighted by Crippen LogP contribution is -2.18. The van der Waals surface area contributed by atoms with E-state index in [-0.39, 0.29) is 5.41 Å². The highest BCUT2D eigenvalue weighted by Crippen LogP contribution is 2.33. The molecule has 2 heteroatoms. The quantitative estimate of drug-likeness (QED) is 0.832. The van der Waals surface area contributed by atoms with Gasteiger partial charge in [-0.15, -0.1) is 0 Å². The predicted molar refractivity (Wildman–Crippen MR) is 66.9 cm³/mol. The Labute approximate surface area is 98.3 Å². The van der Waals surface area contributed by atoms with Crippen LogP contribution in [0.15, 0.2) is 18.2 Å². The van der Waals surface area contributed by atoms with E-state index in [9.17, 15) is 5.11 Å². The van der Waals surface area contributed by atoms with Crippen LogP contribution < -0.4 is 4.74 Å². The zero-order valence-corrected chi connectivity index (χ0v) is 11.1. The molecule has 0 bridgehead atoms. The van der Waals surface area contributed by atoms with Gasteiger partial charge in [0.2, 0.25) is 0 Å². The molecule has 0 heterocycles. The minimum atomic E-state index is -0.873. The van der Waals surface area contributed by atoms with Gasteiger partial charge in [0.1, 0.15) is 5.75 Å². The van der Waals surface area contributed by atoms with E-state index in [4.69, 9.17) is 4.74 Å². The monoisotopic (exact) mass is 222 g/mol. The highest BCUT2D eigenvalue weighted by atomic mass is 16.5. The Morgan fingerprint density at radius 1 is 1.06 bits per heavy atom. The molecular formula is C14H22O2. The second-order valence-corrected chi connectivity index (χ2v) is 5.72. The fourth-order valence-electron chi connectivity index (χ4n) is 1.66. The van der Waals surface area contributed by atoms with Crippen molar-refractivity contribution in [3.8, 4) is 5.75 Å². The summed E-state index contributed by atoms with van der Waals surface area (Å²) in [6.45, 7) is 10.0. The van der Waals surface area contributed by atoms with E-state index in [1.165, 1.54) is 5.56 Å². The Morgan fingerprint density at radius 2 is 1.62 bits per heavy atom. The van der Waals surface area contributed by atoms with Crippen molar-refractivity contribution in [1.29, 1.82) is 0 Å². The highest BCUT2D eigenvalue weighted by Gasteiger charge is 2.23. The summed E-state index contributed by atoms with van der Waals surface area (Å²) in [7, 11) is 1.64.